The first-order chi connectivity index (χ1) is 15.2. The molecule has 2 aromatic carbocycles. The standard InChI is InChI=1S/C22H16N4O3S2/c1-28-16-10-6-5-9-14(16)20-25-26-22(29-20)31-12-17-23-19(27)18-15(11-30-21(18)24-17)13-7-3-2-4-8-13/h2-11H,12H2,1H3,(H,23,24,27). The first-order valence-electron chi connectivity index (χ1n) is 9.38. The van der Waals surface area contributed by atoms with Crippen molar-refractivity contribution in [2.24, 2.45) is 0 Å². The van der Waals surface area contributed by atoms with Crippen molar-refractivity contribution in [3.8, 4) is 28.3 Å². The number of para-hydroxylation sites is 1. The monoisotopic (exact) mass is 448 g/mol. The molecule has 0 aliphatic rings. The van der Waals surface area contributed by atoms with Crippen LogP contribution in [0, 0.1) is 0 Å². The average Bonchev–Trinajstić information content (AvgIpc) is 3.46. The zero-order valence-electron chi connectivity index (χ0n) is 16.4. The van der Waals surface area contributed by atoms with Crippen molar-refractivity contribution in [2.45, 2.75) is 11.0 Å². The topological polar surface area (TPSA) is 93.9 Å². The number of nitrogens with zero attached hydrogens (tertiary/aromatic N) is 3. The molecule has 5 aromatic rings. The average molecular weight is 449 g/mol. The van der Waals surface area contributed by atoms with Crippen molar-refractivity contribution in [1.29, 1.82) is 0 Å². The summed E-state index contributed by atoms with van der Waals surface area (Å²) in [6.07, 6.45) is 0. The molecular weight excluding hydrogens is 432 g/mol. The Hall–Kier alpha value is -3.43. The number of fused-ring (bicyclic) bond motifs is 1. The summed E-state index contributed by atoms with van der Waals surface area (Å²) in [5, 5.41) is 11.2. The van der Waals surface area contributed by atoms with Crippen molar-refractivity contribution in [3.63, 3.8) is 0 Å². The molecule has 0 saturated heterocycles. The molecule has 5 rings (SSSR count). The van der Waals surface area contributed by atoms with Gasteiger partial charge >= 0.3 is 0 Å². The first kappa shape index (κ1) is 19.5. The second-order valence-electron chi connectivity index (χ2n) is 6.57. The summed E-state index contributed by atoms with van der Waals surface area (Å²) in [5.74, 6) is 1.99. The number of benzene rings is 2. The van der Waals surface area contributed by atoms with Gasteiger partial charge in [-0.1, -0.05) is 54.2 Å². The van der Waals surface area contributed by atoms with Gasteiger partial charge in [-0.15, -0.1) is 21.5 Å². The molecule has 0 spiro atoms. The van der Waals surface area contributed by atoms with Crippen molar-refractivity contribution < 1.29 is 9.15 Å². The van der Waals surface area contributed by atoms with Crippen LogP contribution in [0.15, 0.2) is 74.4 Å². The molecule has 7 nitrogen and oxygen atoms in total. The number of hydrogen-bond acceptors (Lipinski definition) is 8. The second-order valence-corrected chi connectivity index (χ2v) is 8.35. The van der Waals surface area contributed by atoms with E-state index in [9.17, 15) is 4.79 Å². The van der Waals surface area contributed by atoms with Crippen LogP contribution in [0.2, 0.25) is 0 Å². The van der Waals surface area contributed by atoms with Crippen LogP contribution in [0.25, 0.3) is 32.8 Å². The Kier molecular flexibility index (Phi) is 5.27. The number of H-pyrrole nitrogens is 1. The van der Waals surface area contributed by atoms with E-state index in [0.29, 0.717) is 38.7 Å². The quantitative estimate of drug-likeness (QED) is 0.365. The van der Waals surface area contributed by atoms with E-state index in [0.717, 1.165) is 16.7 Å². The summed E-state index contributed by atoms with van der Waals surface area (Å²) < 4.78 is 11.1. The minimum absolute atomic E-state index is 0.152. The van der Waals surface area contributed by atoms with Crippen LogP contribution in [-0.4, -0.2) is 27.3 Å². The molecule has 3 aromatic heterocycles. The van der Waals surface area contributed by atoms with E-state index in [1.54, 1.807) is 7.11 Å². The molecule has 1 N–H and O–H groups in total. The molecule has 31 heavy (non-hydrogen) atoms. The van der Waals surface area contributed by atoms with Crippen molar-refractivity contribution in [1.82, 2.24) is 20.2 Å². The lowest BCUT2D eigenvalue weighted by molar-refractivity contribution is 0.411. The molecule has 9 heteroatoms. The molecule has 0 radical (unpaired) electrons. The van der Waals surface area contributed by atoms with E-state index < -0.39 is 0 Å². The minimum Gasteiger partial charge on any atom is -0.496 e. The molecule has 0 aliphatic heterocycles. The number of rotatable bonds is 6. The fourth-order valence-electron chi connectivity index (χ4n) is 3.22. The SMILES string of the molecule is COc1ccccc1-c1nnc(SCc2nc3scc(-c4ccccc4)c3c(=O)[nH]2)o1. The van der Waals surface area contributed by atoms with Gasteiger partial charge in [0, 0.05) is 10.9 Å². The van der Waals surface area contributed by atoms with E-state index >= 15 is 0 Å². The largest absolute Gasteiger partial charge is 0.496 e. The van der Waals surface area contributed by atoms with E-state index in [1.165, 1.54) is 23.1 Å². The van der Waals surface area contributed by atoms with Gasteiger partial charge in [0.2, 0.25) is 0 Å². The maximum atomic E-state index is 12.8. The normalized spacial score (nSPS) is 11.1. The van der Waals surface area contributed by atoms with Gasteiger partial charge in [-0.25, -0.2) is 4.98 Å². The summed E-state index contributed by atoms with van der Waals surface area (Å²) >= 11 is 2.77. The van der Waals surface area contributed by atoms with Gasteiger partial charge in [0.1, 0.15) is 16.4 Å². The lowest BCUT2D eigenvalue weighted by atomic mass is 10.1. The summed E-state index contributed by atoms with van der Waals surface area (Å²) in [6, 6.07) is 17.3. The summed E-state index contributed by atoms with van der Waals surface area (Å²) in [5.41, 5.74) is 2.47. The van der Waals surface area contributed by atoms with E-state index in [-0.39, 0.29) is 5.56 Å². The van der Waals surface area contributed by atoms with E-state index in [2.05, 4.69) is 20.2 Å². The lowest BCUT2D eigenvalue weighted by Gasteiger charge is -2.03. The summed E-state index contributed by atoms with van der Waals surface area (Å²) in [6.45, 7) is 0. The van der Waals surface area contributed by atoms with E-state index in [1.807, 2.05) is 60.0 Å². The van der Waals surface area contributed by atoms with Crippen LogP contribution in [0.1, 0.15) is 5.82 Å². The predicted octanol–water partition coefficient (Wildman–Crippen LogP) is 5.00. The zero-order chi connectivity index (χ0) is 21.2. The third kappa shape index (κ3) is 3.85. The molecular formula is C22H16N4O3S2. The van der Waals surface area contributed by atoms with Crippen LogP contribution < -0.4 is 10.3 Å². The van der Waals surface area contributed by atoms with Gasteiger partial charge in [-0.2, -0.15) is 0 Å². The van der Waals surface area contributed by atoms with Crippen molar-refractivity contribution in [2.75, 3.05) is 7.11 Å². The van der Waals surface area contributed by atoms with Crippen molar-refractivity contribution >= 4 is 33.3 Å². The van der Waals surface area contributed by atoms with Gasteiger partial charge < -0.3 is 14.1 Å². The molecule has 0 saturated carbocycles. The number of ether oxygens (including phenoxy) is 1. The molecule has 0 atom stereocenters. The van der Waals surface area contributed by atoms with Gasteiger partial charge in [0.25, 0.3) is 16.7 Å². The number of aromatic amines is 1. The van der Waals surface area contributed by atoms with Crippen molar-refractivity contribution in [3.05, 3.63) is 76.2 Å². The Morgan fingerprint density at radius 1 is 1.06 bits per heavy atom. The molecule has 0 unspecified atom stereocenters. The summed E-state index contributed by atoms with van der Waals surface area (Å²) in [4.78, 5) is 21.0. The molecule has 0 bridgehead atoms. The lowest BCUT2D eigenvalue weighted by Crippen LogP contribution is -2.10. The van der Waals surface area contributed by atoms with Crippen LogP contribution in [0.5, 0.6) is 5.75 Å². The van der Waals surface area contributed by atoms with E-state index in [4.69, 9.17) is 9.15 Å². The fourth-order valence-corrected chi connectivity index (χ4v) is 4.82. The number of aromatic nitrogens is 4. The number of methoxy groups -OCH3 is 1. The molecule has 0 aliphatic carbocycles. The minimum atomic E-state index is -0.152. The highest BCUT2D eigenvalue weighted by Crippen LogP contribution is 2.32. The number of hydrogen-bond donors (Lipinski definition) is 1. The molecule has 0 fully saturated rings. The Bertz CT molecular complexity index is 1410. The highest BCUT2D eigenvalue weighted by Gasteiger charge is 2.16. The third-order valence-corrected chi connectivity index (χ3v) is 6.36. The Balaban J connectivity index is 1.37. The number of thioether (sulfide) groups is 1. The smallest absolute Gasteiger partial charge is 0.277 e. The molecule has 154 valence electrons. The number of thiophene rings is 1. The van der Waals surface area contributed by atoms with Crippen LogP contribution in [-0.2, 0) is 5.75 Å². The van der Waals surface area contributed by atoms with Crippen LogP contribution >= 0.6 is 23.1 Å². The highest BCUT2D eigenvalue weighted by molar-refractivity contribution is 7.98. The van der Waals surface area contributed by atoms with Gasteiger partial charge in [-0.05, 0) is 17.7 Å². The Labute approximate surface area is 185 Å². The first-order valence-corrected chi connectivity index (χ1v) is 11.2. The summed E-state index contributed by atoms with van der Waals surface area (Å²) in [7, 11) is 1.59. The number of nitrogens with one attached hydrogen (secondary N) is 1. The maximum Gasteiger partial charge on any atom is 0.277 e. The van der Waals surface area contributed by atoms with Crippen LogP contribution in [0.3, 0.4) is 0 Å². The Morgan fingerprint density at radius 3 is 2.71 bits per heavy atom. The van der Waals surface area contributed by atoms with Gasteiger partial charge in [0.05, 0.1) is 23.8 Å². The van der Waals surface area contributed by atoms with Gasteiger partial charge in [-0.3, -0.25) is 4.79 Å². The predicted molar refractivity (Wildman–Crippen MR) is 122 cm³/mol. The highest BCUT2D eigenvalue weighted by atomic mass is 32.2. The molecule has 3 heterocycles. The second kappa shape index (κ2) is 8.37. The third-order valence-electron chi connectivity index (χ3n) is 4.65. The maximum absolute atomic E-state index is 12.8. The Morgan fingerprint density at radius 2 is 1.87 bits per heavy atom. The zero-order valence-corrected chi connectivity index (χ0v) is 18.0. The fraction of sp³-hybridized carbons (Fsp3) is 0.0909. The van der Waals surface area contributed by atoms with Gasteiger partial charge in [0.15, 0.2) is 0 Å². The molecule has 0 amide bonds. The van der Waals surface area contributed by atoms with Crippen LogP contribution in [0.4, 0.5) is 0 Å².